The molecule has 1 aliphatic heterocycles. The molecule has 1 saturated heterocycles. The van der Waals surface area contributed by atoms with Gasteiger partial charge < -0.3 is 10.2 Å². The monoisotopic (exact) mass is 410 g/mol. The van der Waals surface area contributed by atoms with Crippen LogP contribution < -0.4 is 15.6 Å². The van der Waals surface area contributed by atoms with Crippen LogP contribution in [0.2, 0.25) is 0 Å². The van der Waals surface area contributed by atoms with Crippen LogP contribution in [0.15, 0.2) is 35.4 Å². The first-order chi connectivity index (χ1) is 14.2. The molecular weight excluding hydrogens is 380 g/mol. The van der Waals surface area contributed by atoms with Crippen molar-refractivity contribution < 1.29 is 0 Å². The zero-order valence-corrected chi connectivity index (χ0v) is 17.9. The molecule has 0 radical (unpaired) electrons. The van der Waals surface area contributed by atoms with Gasteiger partial charge >= 0.3 is 0 Å². The van der Waals surface area contributed by atoms with E-state index in [9.17, 15) is 0 Å². The van der Waals surface area contributed by atoms with Crippen LogP contribution in [-0.2, 0) is 0 Å². The van der Waals surface area contributed by atoms with E-state index in [4.69, 9.17) is 17.3 Å². The van der Waals surface area contributed by atoms with Gasteiger partial charge in [-0.1, -0.05) is 37.5 Å². The number of aromatic nitrogens is 2. The Hall–Kier alpha value is -2.41. The predicted octanol–water partition coefficient (Wildman–Crippen LogP) is 3.91. The summed E-state index contributed by atoms with van der Waals surface area (Å²) < 4.78 is 2.04. The molecular formula is C22H30N6S. The second-order valence-corrected chi connectivity index (χ2v) is 8.35. The van der Waals surface area contributed by atoms with Crippen LogP contribution in [0.4, 0.5) is 5.82 Å². The molecule has 2 heterocycles. The van der Waals surface area contributed by atoms with E-state index in [1.807, 2.05) is 36.0 Å². The van der Waals surface area contributed by atoms with Crippen molar-refractivity contribution >= 4 is 29.4 Å². The van der Waals surface area contributed by atoms with Crippen molar-refractivity contribution in [3.63, 3.8) is 0 Å². The third-order valence-corrected chi connectivity index (χ3v) is 6.00. The number of nitrogens with one attached hydrogen (secondary N) is 2. The van der Waals surface area contributed by atoms with E-state index in [-0.39, 0.29) is 0 Å². The Morgan fingerprint density at radius 2 is 1.83 bits per heavy atom. The largest absolute Gasteiger partial charge is 0.359 e. The van der Waals surface area contributed by atoms with Crippen LogP contribution in [0.1, 0.15) is 56.2 Å². The van der Waals surface area contributed by atoms with Gasteiger partial charge in [0.1, 0.15) is 5.82 Å². The summed E-state index contributed by atoms with van der Waals surface area (Å²) in [5.74, 6) is 1.11. The van der Waals surface area contributed by atoms with E-state index in [2.05, 4.69) is 32.9 Å². The van der Waals surface area contributed by atoms with Crippen molar-refractivity contribution in [1.29, 1.82) is 0 Å². The van der Waals surface area contributed by atoms with Crippen molar-refractivity contribution in [1.82, 2.24) is 20.5 Å². The molecule has 6 nitrogen and oxygen atoms in total. The van der Waals surface area contributed by atoms with Crippen LogP contribution in [0.5, 0.6) is 0 Å². The molecule has 4 rings (SSSR count). The van der Waals surface area contributed by atoms with Crippen LogP contribution >= 0.6 is 12.2 Å². The summed E-state index contributed by atoms with van der Waals surface area (Å²) in [5, 5.41) is 13.3. The number of aryl methyl sites for hydroxylation is 1. The van der Waals surface area contributed by atoms with Crippen molar-refractivity contribution in [3.05, 3.63) is 41.6 Å². The first-order valence-electron chi connectivity index (χ1n) is 10.7. The molecule has 1 aliphatic carbocycles. The maximum Gasteiger partial charge on any atom is 0.187 e. The highest BCUT2D eigenvalue weighted by Gasteiger charge is 2.23. The maximum atomic E-state index is 5.44. The van der Waals surface area contributed by atoms with Crippen molar-refractivity contribution in [3.8, 4) is 5.69 Å². The number of para-hydroxylation sites is 1. The zero-order chi connectivity index (χ0) is 20.1. The smallest absolute Gasteiger partial charge is 0.187 e. The van der Waals surface area contributed by atoms with E-state index in [1.54, 1.807) is 0 Å². The van der Waals surface area contributed by atoms with Gasteiger partial charge in [-0.15, -0.1) is 0 Å². The lowest BCUT2D eigenvalue weighted by Gasteiger charge is -2.23. The van der Waals surface area contributed by atoms with Gasteiger partial charge in [0, 0.05) is 19.1 Å². The van der Waals surface area contributed by atoms with E-state index in [1.165, 1.54) is 44.9 Å². The van der Waals surface area contributed by atoms with E-state index < -0.39 is 0 Å². The average molecular weight is 411 g/mol. The minimum atomic E-state index is 0.474. The molecule has 0 unspecified atom stereocenters. The number of rotatable bonds is 5. The fourth-order valence-corrected chi connectivity index (χ4v) is 4.50. The molecule has 1 aromatic heterocycles. The van der Waals surface area contributed by atoms with Gasteiger partial charge in [-0.25, -0.2) is 4.68 Å². The van der Waals surface area contributed by atoms with Crippen LogP contribution in [0.25, 0.3) is 5.69 Å². The van der Waals surface area contributed by atoms with E-state index >= 15 is 0 Å². The normalized spacial score (nSPS) is 17.8. The van der Waals surface area contributed by atoms with Crippen molar-refractivity contribution in [2.75, 3.05) is 18.0 Å². The number of hydrogen-bond donors (Lipinski definition) is 2. The average Bonchev–Trinajstić information content (AvgIpc) is 3.38. The van der Waals surface area contributed by atoms with Gasteiger partial charge in [-0.3, -0.25) is 5.43 Å². The van der Waals surface area contributed by atoms with Gasteiger partial charge in [-0.2, -0.15) is 10.2 Å². The lowest BCUT2D eigenvalue weighted by Crippen LogP contribution is -2.40. The third kappa shape index (κ3) is 4.78. The predicted molar refractivity (Wildman–Crippen MR) is 123 cm³/mol. The van der Waals surface area contributed by atoms with E-state index in [0.29, 0.717) is 11.2 Å². The fourth-order valence-electron chi connectivity index (χ4n) is 4.28. The summed E-state index contributed by atoms with van der Waals surface area (Å²) in [6, 6.07) is 10.8. The first kappa shape index (κ1) is 19.9. The standard InChI is InChI=1S/C22H30N6S/c1-17-20(16-23-25-22(29)24-18-10-4-2-5-11-18)21(27-14-8-9-15-27)28(26-17)19-12-6-3-7-13-19/h3,6-7,12-13,16,18H,2,4-5,8-11,14-15H2,1H3,(H2,24,25,29)/b23-16+. The molecule has 154 valence electrons. The molecule has 1 saturated carbocycles. The van der Waals surface area contributed by atoms with Gasteiger partial charge in [0.2, 0.25) is 0 Å². The SMILES string of the molecule is Cc1nn(-c2ccccc2)c(N2CCCC2)c1/C=N/NC(=S)NC1CCCCC1. The highest BCUT2D eigenvalue weighted by atomic mass is 32.1. The van der Waals surface area contributed by atoms with Gasteiger partial charge in [0.05, 0.1) is 23.2 Å². The highest BCUT2D eigenvalue weighted by molar-refractivity contribution is 7.80. The Morgan fingerprint density at radius 3 is 2.55 bits per heavy atom. The summed E-state index contributed by atoms with van der Waals surface area (Å²) in [6.45, 7) is 4.14. The second kappa shape index (κ2) is 9.39. The molecule has 0 amide bonds. The van der Waals surface area contributed by atoms with Crippen LogP contribution in [0.3, 0.4) is 0 Å². The zero-order valence-electron chi connectivity index (χ0n) is 17.1. The van der Waals surface area contributed by atoms with Gasteiger partial charge in [-0.05, 0) is 57.0 Å². The fraction of sp³-hybridized carbons (Fsp3) is 0.500. The number of hydrogen-bond acceptors (Lipinski definition) is 4. The number of anilines is 1. The summed E-state index contributed by atoms with van der Waals surface area (Å²) >= 11 is 5.44. The van der Waals surface area contributed by atoms with Gasteiger partial charge in [0.15, 0.2) is 5.11 Å². The Bertz CT molecular complexity index is 848. The molecule has 0 atom stereocenters. The van der Waals surface area contributed by atoms with Crippen molar-refractivity contribution in [2.24, 2.45) is 5.10 Å². The number of thiocarbonyl (C=S) groups is 1. The number of benzene rings is 1. The summed E-state index contributed by atoms with van der Waals surface area (Å²) in [7, 11) is 0. The molecule has 2 aromatic rings. The second-order valence-electron chi connectivity index (χ2n) is 7.94. The topological polar surface area (TPSA) is 57.5 Å². The Morgan fingerprint density at radius 1 is 1.10 bits per heavy atom. The maximum absolute atomic E-state index is 5.44. The Kier molecular flexibility index (Phi) is 6.44. The molecule has 1 aromatic carbocycles. The number of nitrogens with zero attached hydrogens (tertiary/aromatic N) is 4. The highest BCUT2D eigenvalue weighted by Crippen LogP contribution is 2.29. The third-order valence-electron chi connectivity index (χ3n) is 5.79. The van der Waals surface area contributed by atoms with Crippen molar-refractivity contribution in [2.45, 2.75) is 57.9 Å². The molecule has 29 heavy (non-hydrogen) atoms. The Labute approximate surface area is 178 Å². The molecule has 2 N–H and O–H groups in total. The van der Waals surface area contributed by atoms with Crippen LogP contribution in [-0.4, -0.2) is 40.2 Å². The van der Waals surface area contributed by atoms with E-state index in [0.717, 1.165) is 35.9 Å². The van der Waals surface area contributed by atoms with Crippen LogP contribution in [0, 0.1) is 6.92 Å². The summed E-state index contributed by atoms with van der Waals surface area (Å²) in [5.41, 5.74) is 6.09. The molecule has 2 aliphatic rings. The van der Waals surface area contributed by atoms with Gasteiger partial charge in [0.25, 0.3) is 0 Å². The summed E-state index contributed by atoms with van der Waals surface area (Å²) in [6.07, 6.45) is 10.6. The molecule has 0 bridgehead atoms. The first-order valence-corrected chi connectivity index (χ1v) is 11.1. The minimum absolute atomic E-state index is 0.474. The lowest BCUT2D eigenvalue weighted by atomic mass is 9.96. The number of hydrazone groups is 1. The summed E-state index contributed by atoms with van der Waals surface area (Å²) in [4.78, 5) is 2.41. The Balaban J connectivity index is 1.52. The molecule has 2 fully saturated rings. The molecule has 7 heteroatoms. The minimum Gasteiger partial charge on any atom is -0.359 e. The quantitative estimate of drug-likeness (QED) is 0.445. The molecule has 0 spiro atoms. The lowest BCUT2D eigenvalue weighted by molar-refractivity contribution is 0.412.